The zero-order chi connectivity index (χ0) is 15.7. The van der Waals surface area contributed by atoms with Crippen LogP contribution in [0.1, 0.15) is 29.9 Å². The van der Waals surface area contributed by atoms with Crippen molar-refractivity contribution >= 4 is 5.91 Å². The van der Waals surface area contributed by atoms with Gasteiger partial charge < -0.3 is 14.6 Å². The Hall–Kier alpha value is -2.14. The molecule has 0 spiro atoms. The standard InChI is InChI=1S/C17H21N3O2/c1-11-4-6-14(7-5-11)16-15(18-10-22-16)17(21)20-8-12(2)19-13(3)9-20/h4-7,10,12-13,19H,8-9H2,1-3H3/t12-,13+. The Balaban J connectivity index is 1.88. The molecule has 1 N–H and O–H groups in total. The van der Waals surface area contributed by atoms with Gasteiger partial charge in [-0.2, -0.15) is 0 Å². The van der Waals surface area contributed by atoms with E-state index in [2.05, 4.69) is 24.1 Å². The van der Waals surface area contributed by atoms with Gasteiger partial charge in [-0.05, 0) is 20.8 Å². The fraction of sp³-hybridized carbons (Fsp3) is 0.412. The average molecular weight is 299 g/mol. The number of piperazine rings is 1. The molecule has 3 rings (SSSR count). The quantitative estimate of drug-likeness (QED) is 0.925. The topological polar surface area (TPSA) is 58.4 Å². The highest BCUT2D eigenvalue weighted by molar-refractivity contribution is 5.97. The lowest BCUT2D eigenvalue weighted by Gasteiger charge is -2.35. The van der Waals surface area contributed by atoms with Crippen molar-refractivity contribution in [2.45, 2.75) is 32.9 Å². The molecule has 0 unspecified atom stereocenters. The third-order valence-corrected chi connectivity index (χ3v) is 3.93. The molecule has 5 heteroatoms. The van der Waals surface area contributed by atoms with Gasteiger partial charge in [0.1, 0.15) is 0 Å². The second-order valence-corrected chi connectivity index (χ2v) is 6.08. The number of aromatic nitrogens is 1. The van der Waals surface area contributed by atoms with Gasteiger partial charge in [0.15, 0.2) is 17.8 Å². The van der Waals surface area contributed by atoms with E-state index in [1.165, 1.54) is 12.0 Å². The van der Waals surface area contributed by atoms with Gasteiger partial charge in [0, 0.05) is 30.7 Å². The summed E-state index contributed by atoms with van der Waals surface area (Å²) < 4.78 is 5.48. The maximum atomic E-state index is 12.8. The molecule has 1 amide bonds. The van der Waals surface area contributed by atoms with Crippen LogP contribution in [0.2, 0.25) is 0 Å². The third kappa shape index (κ3) is 2.90. The fourth-order valence-electron chi connectivity index (χ4n) is 2.95. The SMILES string of the molecule is Cc1ccc(-c2ocnc2C(=O)N2C[C@@H](C)N[C@@H](C)C2)cc1. The maximum Gasteiger partial charge on any atom is 0.276 e. The molecule has 1 aliphatic rings. The summed E-state index contributed by atoms with van der Waals surface area (Å²) in [6.45, 7) is 7.56. The van der Waals surface area contributed by atoms with Crippen molar-refractivity contribution in [1.29, 1.82) is 0 Å². The van der Waals surface area contributed by atoms with Gasteiger partial charge in [-0.15, -0.1) is 0 Å². The molecule has 1 aromatic heterocycles. The largest absolute Gasteiger partial charge is 0.443 e. The minimum atomic E-state index is -0.0653. The molecule has 1 saturated heterocycles. The van der Waals surface area contributed by atoms with Crippen molar-refractivity contribution in [1.82, 2.24) is 15.2 Å². The predicted octanol–water partition coefficient (Wildman–Crippen LogP) is 2.47. The molecule has 2 heterocycles. The van der Waals surface area contributed by atoms with Gasteiger partial charge >= 0.3 is 0 Å². The number of benzene rings is 1. The Morgan fingerprint density at radius 3 is 2.50 bits per heavy atom. The number of oxazole rings is 1. The van der Waals surface area contributed by atoms with Crippen LogP contribution in [-0.2, 0) is 0 Å². The van der Waals surface area contributed by atoms with E-state index in [0.29, 0.717) is 24.5 Å². The Kier molecular flexibility index (Phi) is 3.98. The summed E-state index contributed by atoms with van der Waals surface area (Å²) >= 11 is 0. The van der Waals surface area contributed by atoms with Gasteiger partial charge in [-0.25, -0.2) is 4.98 Å². The normalized spacial score (nSPS) is 21.9. The van der Waals surface area contributed by atoms with Crippen LogP contribution < -0.4 is 5.32 Å². The first-order valence-electron chi connectivity index (χ1n) is 7.60. The first-order valence-corrected chi connectivity index (χ1v) is 7.60. The summed E-state index contributed by atoms with van der Waals surface area (Å²) in [6, 6.07) is 8.47. The van der Waals surface area contributed by atoms with Crippen LogP contribution in [0.3, 0.4) is 0 Å². The van der Waals surface area contributed by atoms with Crippen LogP contribution in [0.25, 0.3) is 11.3 Å². The van der Waals surface area contributed by atoms with Gasteiger partial charge in [0.2, 0.25) is 0 Å². The Bertz CT molecular complexity index is 653. The number of carbonyl (C=O) groups excluding carboxylic acids is 1. The van der Waals surface area contributed by atoms with E-state index in [4.69, 9.17) is 4.42 Å². The summed E-state index contributed by atoms with van der Waals surface area (Å²) in [7, 11) is 0. The monoisotopic (exact) mass is 299 g/mol. The molecule has 1 fully saturated rings. The zero-order valence-electron chi connectivity index (χ0n) is 13.2. The Morgan fingerprint density at radius 2 is 1.86 bits per heavy atom. The molecule has 0 aliphatic carbocycles. The van der Waals surface area contributed by atoms with E-state index in [1.807, 2.05) is 36.1 Å². The highest BCUT2D eigenvalue weighted by Crippen LogP contribution is 2.25. The van der Waals surface area contributed by atoms with Crippen LogP contribution in [0.5, 0.6) is 0 Å². The number of carbonyl (C=O) groups is 1. The first-order chi connectivity index (χ1) is 10.5. The van der Waals surface area contributed by atoms with E-state index in [9.17, 15) is 4.79 Å². The minimum absolute atomic E-state index is 0.0653. The maximum absolute atomic E-state index is 12.8. The highest BCUT2D eigenvalue weighted by atomic mass is 16.3. The first kappa shape index (κ1) is 14.8. The van der Waals surface area contributed by atoms with Gasteiger partial charge in [-0.1, -0.05) is 29.8 Å². The zero-order valence-corrected chi connectivity index (χ0v) is 13.2. The van der Waals surface area contributed by atoms with Crippen molar-refractivity contribution in [3.8, 4) is 11.3 Å². The summed E-state index contributed by atoms with van der Waals surface area (Å²) in [5, 5.41) is 3.42. The van der Waals surface area contributed by atoms with Crippen molar-refractivity contribution in [3.05, 3.63) is 41.9 Å². The lowest BCUT2D eigenvalue weighted by Crippen LogP contribution is -2.55. The predicted molar refractivity (Wildman–Crippen MR) is 84.6 cm³/mol. The van der Waals surface area contributed by atoms with Crippen LogP contribution in [0.15, 0.2) is 35.1 Å². The minimum Gasteiger partial charge on any atom is -0.443 e. The van der Waals surface area contributed by atoms with Crippen LogP contribution >= 0.6 is 0 Å². The number of nitrogens with one attached hydrogen (secondary N) is 1. The van der Waals surface area contributed by atoms with Gasteiger partial charge in [0.25, 0.3) is 5.91 Å². The second-order valence-electron chi connectivity index (χ2n) is 6.08. The number of aryl methyl sites for hydroxylation is 1. The molecule has 0 radical (unpaired) electrons. The molecular weight excluding hydrogens is 278 g/mol. The van der Waals surface area contributed by atoms with Crippen molar-refractivity contribution in [3.63, 3.8) is 0 Å². The summed E-state index contributed by atoms with van der Waals surface area (Å²) in [5.41, 5.74) is 2.44. The molecule has 5 nitrogen and oxygen atoms in total. The molecule has 0 bridgehead atoms. The van der Waals surface area contributed by atoms with Gasteiger partial charge in [-0.3, -0.25) is 4.79 Å². The number of hydrogen-bond donors (Lipinski definition) is 1. The van der Waals surface area contributed by atoms with Crippen LogP contribution in [-0.4, -0.2) is 41.0 Å². The summed E-state index contributed by atoms with van der Waals surface area (Å²) in [5.74, 6) is 0.480. The molecule has 1 aromatic carbocycles. The van der Waals surface area contributed by atoms with Crippen molar-refractivity contribution < 1.29 is 9.21 Å². The average Bonchev–Trinajstić information content (AvgIpc) is 2.95. The molecule has 116 valence electrons. The Labute approximate surface area is 130 Å². The van der Waals surface area contributed by atoms with Crippen LogP contribution in [0, 0.1) is 6.92 Å². The summed E-state index contributed by atoms with van der Waals surface area (Å²) in [4.78, 5) is 18.8. The molecular formula is C17H21N3O2. The lowest BCUT2D eigenvalue weighted by molar-refractivity contribution is 0.0669. The van der Waals surface area contributed by atoms with E-state index in [-0.39, 0.29) is 18.0 Å². The summed E-state index contributed by atoms with van der Waals surface area (Å²) in [6.07, 6.45) is 1.34. The Morgan fingerprint density at radius 1 is 1.23 bits per heavy atom. The highest BCUT2D eigenvalue weighted by Gasteiger charge is 2.29. The fourth-order valence-corrected chi connectivity index (χ4v) is 2.95. The van der Waals surface area contributed by atoms with Crippen molar-refractivity contribution in [2.75, 3.05) is 13.1 Å². The van der Waals surface area contributed by atoms with Gasteiger partial charge in [0.05, 0.1) is 0 Å². The van der Waals surface area contributed by atoms with E-state index in [0.717, 1.165) is 5.56 Å². The van der Waals surface area contributed by atoms with E-state index < -0.39 is 0 Å². The molecule has 2 atom stereocenters. The molecule has 22 heavy (non-hydrogen) atoms. The molecule has 1 aliphatic heterocycles. The van der Waals surface area contributed by atoms with Crippen LogP contribution in [0.4, 0.5) is 0 Å². The molecule has 2 aromatic rings. The number of hydrogen-bond acceptors (Lipinski definition) is 4. The number of amides is 1. The number of rotatable bonds is 2. The molecule has 0 saturated carbocycles. The second kappa shape index (κ2) is 5.93. The van der Waals surface area contributed by atoms with E-state index >= 15 is 0 Å². The van der Waals surface area contributed by atoms with E-state index in [1.54, 1.807) is 0 Å². The number of nitrogens with zero attached hydrogens (tertiary/aromatic N) is 2. The third-order valence-electron chi connectivity index (χ3n) is 3.93. The smallest absolute Gasteiger partial charge is 0.276 e. The van der Waals surface area contributed by atoms with Crippen molar-refractivity contribution in [2.24, 2.45) is 0 Å². The lowest BCUT2D eigenvalue weighted by atomic mass is 10.1.